The summed E-state index contributed by atoms with van der Waals surface area (Å²) >= 11 is 57.4. The molecule has 2 aliphatic heterocycles. The Morgan fingerprint density at radius 1 is 0.424 bits per heavy atom. The normalized spacial score (nSPS) is 11.9. The van der Waals surface area contributed by atoms with E-state index in [9.17, 15) is 0 Å². The minimum atomic E-state index is -0.346. The number of nitrogens with one attached hydrogen (secondary N) is 1. The van der Waals surface area contributed by atoms with Gasteiger partial charge in [-0.25, -0.2) is 9.97 Å². The number of aromatic nitrogens is 4. The first-order chi connectivity index (χ1) is 28.5. The molecule has 0 saturated heterocycles. The van der Waals surface area contributed by atoms with Crippen molar-refractivity contribution in [3.8, 4) is 39.1 Å². The van der Waals surface area contributed by atoms with Crippen LogP contribution in [0, 0.1) is 0 Å². The summed E-state index contributed by atoms with van der Waals surface area (Å²) in [6.45, 7) is 0. The van der Waals surface area contributed by atoms with Gasteiger partial charge in [0.25, 0.3) is 0 Å². The predicted octanol–water partition coefficient (Wildman–Crippen LogP) is 17.7. The van der Waals surface area contributed by atoms with E-state index in [1.807, 2.05) is 59.2 Å². The molecule has 0 aliphatic carbocycles. The van der Waals surface area contributed by atoms with Crippen molar-refractivity contribution in [2.45, 2.75) is 0 Å². The van der Waals surface area contributed by atoms with E-state index in [1.165, 1.54) is 0 Å². The first-order valence-corrected chi connectivity index (χ1v) is 24.8. The van der Waals surface area contributed by atoms with E-state index in [0.29, 0.717) is 107 Å². The molecule has 4 aromatic carbocycles. The molecular weight excluding hydrogens is 1040 g/mol. The maximum atomic E-state index is 7.24. The Morgan fingerprint density at radius 3 is 1.31 bits per heavy atom. The van der Waals surface area contributed by atoms with Crippen molar-refractivity contribution in [1.82, 2.24) is 19.5 Å². The molecule has 7 aromatic rings. The number of aromatic amines is 1. The van der Waals surface area contributed by atoms with Crippen molar-refractivity contribution in [3.05, 3.63) is 166 Å². The van der Waals surface area contributed by atoms with Gasteiger partial charge in [-0.3, -0.25) is 0 Å². The zero-order valence-corrected chi connectivity index (χ0v) is 38.9. The number of H-pyrrole nitrogens is 1. The molecule has 0 atom stereocenters. The summed E-state index contributed by atoms with van der Waals surface area (Å²) < 4.78 is 1.95. The van der Waals surface area contributed by atoms with Crippen molar-refractivity contribution >= 4 is 159 Å². The van der Waals surface area contributed by atoms with Gasteiger partial charge >= 0.3 is 34.5 Å². The monoisotopic (exact) mass is 1060 g/mol. The van der Waals surface area contributed by atoms with Crippen molar-refractivity contribution in [2.75, 3.05) is 0 Å². The van der Waals surface area contributed by atoms with Crippen LogP contribution in [0.2, 0.25) is 40.2 Å². The van der Waals surface area contributed by atoms with Gasteiger partial charge in [-0.15, -0.1) is 0 Å². The first kappa shape index (κ1) is 42.7. The molecular formula is C44H22Cl10N4Ru. The second-order valence-electron chi connectivity index (χ2n) is 13.0. The number of hydrogen-bond donors (Lipinski definition) is 1. The summed E-state index contributed by atoms with van der Waals surface area (Å²) in [4.78, 5) is 13.7. The van der Waals surface area contributed by atoms with Crippen LogP contribution in [0.3, 0.4) is 0 Å². The summed E-state index contributed by atoms with van der Waals surface area (Å²) in [6, 6.07) is 31.1. The Morgan fingerprint density at radius 2 is 0.814 bits per heavy atom. The van der Waals surface area contributed by atoms with Crippen LogP contribution in [0.25, 0.3) is 85.4 Å². The van der Waals surface area contributed by atoms with Gasteiger partial charge in [0.05, 0.1) is 59.6 Å². The van der Waals surface area contributed by atoms with Crippen LogP contribution in [-0.4, -0.2) is 19.5 Å². The summed E-state index contributed by atoms with van der Waals surface area (Å²) in [5.41, 5.74) is 8.82. The van der Waals surface area contributed by atoms with Crippen molar-refractivity contribution < 1.29 is 15.1 Å². The molecule has 3 aromatic heterocycles. The molecule has 4 nitrogen and oxygen atoms in total. The standard InChI is InChI=1S/C44H22Cl8N4.2ClH.Ru/c45-27-5-1-6-28(46)37(27)40-35-18-17-25(55-35)20-24-14-13-22(53-24)19-23-15-16-26(54-23)21-36-41(38-29(47)7-2-8-30(38)48)42(39-31(49)9-3-10-32(39)50)44(40)56(36)43-33(51)11-4-12-34(43)52;;;/h1-21,53H;2*1H;/q;;;+2/p-2. The number of fused-ring (bicyclic) bond motifs is 8. The molecule has 296 valence electrons. The second-order valence-corrected chi connectivity index (χ2v) is 18.9. The Labute approximate surface area is 394 Å². The Balaban J connectivity index is 0.00000157. The van der Waals surface area contributed by atoms with Gasteiger partial charge in [-0.2, -0.15) is 0 Å². The van der Waals surface area contributed by atoms with Gasteiger partial charge in [0.15, 0.2) is 0 Å². The van der Waals surface area contributed by atoms with Crippen LogP contribution in [0.15, 0.2) is 103 Å². The molecule has 0 fully saturated rings. The summed E-state index contributed by atoms with van der Waals surface area (Å²) in [5.74, 6) is 0. The molecule has 0 saturated carbocycles. The molecule has 2 aliphatic rings. The number of hydrogen-bond acceptors (Lipinski definition) is 2. The fraction of sp³-hybridized carbons (Fsp3) is 0. The number of rotatable bonds is 4. The van der Waals surface area contributed by atoms with Gasteiger partial charge in [-0.1, -0.05) is 117 Å². The molecule has 0 spiro atoms. The maximum absolute atomic E-state index is 7.24. The molecule has 0 unspecified atom stereocenters. The molecule has 15 heteroatoms. The second kappa shape index (κ2) is 18.2. The molecule has 59 heavy (non-hydrogen) atoms. The Bertz CT molecular complexity index is 2980. The SMILES string of the molecule is Clc1cccc(Cl)c1-c1c(-c2c(Cl)cccc2Cl)c2c(-c3c(Cl)cccc3Cl)c3nc(cc4ccc(cc5nc(cc1n2-c1c(Cl)cccc1Cl)C=C5)[nH]4)C=C3.[Cl][Ru][Cl]. The predicted molar refractivity (Wildman–Crippen MR) is 252 cm³/mol. The summed E-state index contributed by atoms with van der Waals surface area (Å²) in [6.07, 6.45) is 7.69. The minimum absolute atomic E-state index is 0.339. The molecule has 1 N–H and O–H groups in total. The van der Waals surface area contributed by atoms with Gasteiger partial charge in [0, 0.05) is 64.5 Å². The fourth-order valence-corrected chi connectivity index (χ4v) is 9.51. The topological polar surface area (TPSA) is 46.5 Å². The fourth-order valence-electron chi connectivity index (χ4n) is 7.18. The van der Waals surface area contributed by atoms with E-state index in [0.717, 1.165) is 16.7 Å². The van der Waals surface area contributed by atoms with Crippen LogP contribution >= 0.6 is 112 Å². The Kier molecular flexibility index (Phi) is 13.1. The zero-order valence-electron chi connectivity index (χ0n) is 29.6. The van der Waals surface area contributed by atoms with Gasteiger partial charge in [0.2, 0.25) is 0 Å². The average molecular weight is 1060 g/mol. The van der Waals surface area contributed by atoms with Crippen LogP contribution in [-0.2, 0) is 15.1 Å². The van der Waals surface area contributed by atoms with E-state index in [2.05, 4.69) is 4.98 Å². The number of para-hydroxylation sites is 1. The molecule has 0 amide bonds. The number of benzene rings is 4. The van der Waals surface area contributed by atoms with E-state index >= 15 is 0 Å². The zero-order chi connectivity index (χ0) is 41.5. The quantitative estimate of drug-likeness (QED) is 0.179. The average Bonchev–Trinajstić information content (AvgIpc) is 3.99. The van der Waals surface area contributed by atoms with Crippen LogP contribution in [0.1, 0.15) is 22.8 Å². The van der Waals surface area contributed by atoms with Gasteiger partial charge in [0.1, 0.15) is 0 Å². The van der Waals surface area contributed by atoms with Crippen molar-refractivity contribution in [2.24, 2.45) is 0 Å². The van der Waals surface area contributed by atoms with Gasteiger partial charge < -0.3 is 9.55 Å². The summed E-state index contributed by atoms with van der Waals surface area (Å²) in [7, 11) is 9.71. The van der Waals surface area contributed by atoms with Crippen molar-refractivity contribution in [1.29, 1.82) is 0 Å². The molecule has 5 heterocycles. The van der Waals surface area contributed by atoms with E-state index in [1.54, 1.807) is 72.8 Å². The van der Waals surface area contributed by atoms with E-state index < -0.39 is 0 Å². The van der Waals surface area contributed by atoms with Gasteiger partial charge in [-0.05, 0) is 103 Å². The van der Waals surface area contributed by atoms with E-state index in [-0.39, 0.29) is 15.1 Å². The first-order valence-electron chi connectivity index (χ1n) is 17.3. The molecule has 0 radical (unpaired) electrons. The Hall–Kier alpha value is -3.00. The molecule has 8 bridgehead atoms. The van der Waals surface area contributed by atoms with E-state index in [4.69, 9.17) is 122 Å². The van der Waals surface area contributed by atoms with Crippen LogP contribution in [0.5, 0.6) is 0 Å². The number of nitrogens with zero attached hydrogens (tertiary/aromatic N) is 3. The van der Waals surface area contributed by atoms with Crippen LogP contribution in [0.4, 0.5) is 0 Å². The van der Waals surface area contributed by atoms with Crippen molar-refractivity contribution in [3.63, 3.8) is 0 Å². The molecule has 9 rings (SSSR count). The summed E-state index contributed by atoms with van der Waals surface area (Å²) in [5, 5.41) is 2.83. The van der Waals surface area contributed by atoms with Crippen LogP contribution < -0.4 is 0 Å². The number of halogens is 10. The third-order valence-corrected chi connectivity index (χ3v) is 12.0. The third-order valence-electron chi connectivity index (χ3n) is 9.47. The third kappa shape index (κ3) is 8.35.